The van der Waals surface area contributed by atoms with Gasteiger partial charge in [-0.05, 0) is 25.1 Å². The van der Waals surface area contributed by atoms with Gasteiger partial charge in [-0.1, -0.05) is 6.07 Å². The molecule has 0 radical (unpaired) electrons. The van der Waals surface area contributed by atoms with Gasteiger partial charge < -0.3 is 10.1 Å². The molecule has 0 amide bonds. The van der Waals surface area contributed by atoms with Gasteiger partial charge in [-0.2, -0.15) is 0 Å². The zero-order valence-electron chi connectivity index (χ0n) is 7.77. The van der Waals surface area contributed by atoms with Crippen molar-refractivity contribution in [2.24, 2.45) is 0 Å². The Morgan fingerprint density at radius 1 is 1.57 bits per heavy atom. The van der Waals surface area contributed by atoms with E-state index in [-0.39, 0.29) is 12.1 Å². The summed E-state index contributed by atoms with van der Waals surface area (Å²) in [6, 6.07) is 5.20. The first-order valence-corrected chi connectivity index (χ1v) is 4.69. The van der Waals surface area contributed by atoms with Crippen LogP contribution < -0.4 is 5.32 Å². The van der Waals surface area contributed by atoms with Gasteiger partial charge in [0.05, 0.1) is 0 Å². The minimum Gasteiger partial charge on any atom is -0.456 e. The van der Waals surface area contributed by atoms with Crippen molar-refractivity contribution in [2.45, 2.75) is 12.5 Å². The summed E-state index contributed by atoms with van der Waals surface area (Å²) in [7, 11) is 0. The maximum atomic E-state index is 11.5. The van der Waals surface area contributed by atoms with Crippen LogP contribution in [0.1, 0.15) is 16.9 Å². The second-order valence-corrected chi connectivity index (χ2v) is 3.24. The summed E-state index contributed by atoms with van der Waals surface area (Å²) in [4.78, 5) is 15.4. The van der Waals surface area contributed by atoms with Crippen molar-refractivity contribution in [2.75, 3.05) is 13.1 Å². The maximum Gasteiger partial charge on any atom is 0.357 e. The van der Waals surface area contributed by atoms with E-state index in [1.807, 2.05) is 0 Å². The average Bonchev–Trinajstić information content (AvgIpc) is 2.72. The van der Waals surface area contributed by atoms with E-state index in [1.165, 1.54) is 0 Å². The Balaban J connectivity index is 1.95. The Morgan fingerprint density at radius 2 is 2.50 bits per heavy atom. The molecule has 0 bridgehead atoms. The van der Waals surface area contributed by atoms with Crippen LogP contribution in [0.2, 0.25) is 0 Å². The zero-order chi connectivity index (χ0) is 9.80. The van der Waals surface area contributed by atoms with Crippen LogP contribution in [0.15, 0.2) is 24.4 Å². The van der Waals surface area contributed by atoms with E-state index in [1.54, 1.807) is 24.4 Å². The number of esters is 1. The van der Waals surface area contributed by atoms with Gasteiger partial charge in [-0.3, -0.25) is 0 Å². The maximum absolute atomic E-state index is 11.5. The molecule has 4 nitrogen and oxygen atoms in total. The number of aromatic nitrogens is 1. The number of hydrogen-bond acceptors (Lipinski definition) is 4. The minimum absolute atomic E-state index is 0.00417. The Labute approximate surface area is 82.3 Å². The van der Waals surface area contributed by atoms with Crippen molar-refractivity contribution in [3.8, 4) is 0 Å². The molecular formula is C10H12N2O2. The molecule has 1 saturated heterocycles. The fourth-order valence-corrected chi connectivity index (χ4v) is 1.42. The monoisotopic (exact) mass is 192 g/mol. The summed E-state index contributed by atoms with van der Waals surface area (Å²) in [6.07, 6.45) is 2.48. The molecule has 14 heavy (non-hydrogen) atoms. The Bertz CT molecular complexity index is 307. The van der Waals surface area contributed by atoms with Crippen LogP contribution in [0.25, 0.3) is 0 Å². The third-order valence-electron chi connectivity index (χ3n) is 2.16. The van der Waals surface area contributed by atoms with Gasteiger partial charge in [0.1, 0.15) is 11.8 Å². The highest BCUT2D eigenvalue weighted by Crippen LogP contribution is 2.06. The number of nitrogens with zero attached hydrogens (tertiary/aromatic N) is 1. The molecule has 1 N–H and O–H groups in total. The third-order valence-corrected chi connectivity index (χ3v) is 2.16. The first-order valence-electron chi connectivity index (χ1n) is 4.69. The van der Waals surface area contributed by atoms with Gasteiger partial charge in [0.25, 0.3) is 0 Å². The molecule has 0 saturated carbocycles. The van der Waals surface area contributed by atoms with Crippen LogP contribution in [-0.4, -0.2) is 30.1 Å². The van der Waals surface area contributed by atoms with E-state index >= 15 is 0 Å². The van der Waals surface area contributed by atoms with Gasteiger partial charge >= 0.3 is 5.97 Å². The highest BCUT2D eigenvalue weighted by Gasteiger charge is 2.19. The first kappa shape index (κ1) is 9.15. The number of nitrogens with one attached hydrogen (secondary N) is 1. The van der Waals surface area contributed by atoms with E-state index in [0.29, 0.717) is 5.69 Å². The fraction of sp³-hybridized carbons (Fsp3) is 0.400. The number of rotatable bonds is 2. The SMILES string of the molecule is O=C(OC1CCNC1)c1ccccn1. The molecule has 74 valence electrons. The van der Waals surface area contributed by atoms with E-state index in [0.717, 1.165) is 19.5 Å². The van der Waals surface area contributed by atoms with Crippen LogP contribution in [0, 0.1) is 0 Å². The second kappa shape index (κ2) is 4.19. The molecule has 1 aliphatic rings. The van der Waals surface area contributed by atoms with Crippen molar-refractivity contribution in [3.63, 3.8) is 0 Å². The lowest BCUT2D eigenvalue weighted by Crippen LogP contribution is -2.21. The van der Waals surface area contributed by atoms with Crippen molar-refractivity contribution in [3.05, 3.63) is 30.1 Å². The molecular weight excluding hydrogens is 180 g/mol. The van der Waals surface area contributed by atoms with Crippen molar-refractivity contribution >= 4 is 5.97 Å². The number of carbonyl (C=O) groups excluding carboxylic acids is 1. The summed E-state index contributed by atoms with van der Waals surface area (Å²) in [5.74, 6) is -0.334. The van der Waals surface area contributed by atoms with Crippen molar-refractivity contribution in [1.29, 1.82) is 0 Å². The highest BCUT2D eigenvalue weighted by atomic mass is 16.5. The van der Waals surface area contributed by atoms with Crippen molar-refractivity contribution < 1.29 is 9.53 Å². The summed E-state index contributed by atoms with van der Waals surface area (Å²) in [5.41, 5.74) is 0.374. The lowest BCUT2D eigenvalue weighted by Gasteiger charge is -2.09. The van der Waals surface area contributed by atoms with Crippen LogP contribution in [0.3, 0.4) is 0 Å². The van der Waals surface area contributed by atoms with E-state index < -0.39 is 0 Å². The molecule has 4 heteroatoms. The largest absolute Gasteiger partial charge is 0.456 e. The molecule has 0 aromatic carbocycles. The molecule has 1 fully saturated rings. The molecule has 1 aromatic rings. The second-order valence-electron chi connectivity index (χ2n) is 3.24. The smallest absolute Gasteiger partial charge is 0.357 e. The summed E-state index contributed by atoms with van der Waals surface area (Å²) < 4.78 is 5.23. The quantitative estimate of drug-likeness (QED) is 0.697. The molecule has 1 aromatic heterocycles. The molecule has 1 atom stereocenters. The summed E-state index contributed by atoms with van der Waals surface area (Å²) >= 11 is 0. The Morgan fingerprint density at radius 3 is 3.14 bits per heavy atom. The van der Waals surface area contributed by atoms with Gasteiger partial charge in [-0.15, -0.1) is 0 Å². The molecule has 0 spiro atoms. The Kier molecular flexibility index (Phi) is 2.74. The minimum atomic E-state index is -0.334. The highest BCUT2D eigenvalue weighted by molar-refractivity contribution is 5.87. The van der Waals surface area contributed by atoms with Crippen LogP contribution in [-0.2, 0) is 4.74 Å². The van der Waals surface area contributed by atoms with E-state index in [2.05, 4.69) is 10.3 Å². The number of carbonyl (C=O) groups is 1. The molecule has 2 rings (SSSR count). The molecule has 0 aliphatic carbocycles. The molecule has 1 aliphatic heterocycles. The number of pyridine rings is 1. The average molecular weight is 192 g/mol. The lowest BCUT2D eigenvalue weighted by atomic mass is 10.3. The number of hydrogen-bond donors (Lipinski definition) is 1. The normalized spacial score (nSPS) is 20.7. The standard InChI is InChI=1S/C10H12N2O2/c13-10(9-3-1-2-5-12-9)14-8-4-6-11-7-8/h1-3,5,8,11H,4,6-7H2. The van der Waals surface area contributed by atoms with Gasteiger partial charge in [0.15, 0.2) is 0 Å². The van der Waals surface area contributed by atoms with Crippen LogP contribution in [0.5, 0.6) is 0 Å². The topological polar surface area (TPSA) is 51.2 Å². The van der Waals surface area contributed by atoms with E-state index in [9.17, 15) is 4.79 Å². The number of ether oxygens (including phenoxy) is 1. The molecule has 1 unspecified atom stereocenters. The summed E-state index contributed by atoms with van der Waals surface area (Å²) in [6.45, 7) is 1.67. The van der Waals surface area contributed by atoms with E-state index in [4.69, 9.17) is 4.74 Å². The predicted octanol–water partition coefficient (Wildman–Crippen LogP) is 0.600. The lowest BCUT2D eigenvalue weighted by molar-refractivity contribution is 0.0337. The van der Waals surface area contributed by atoms with Crippen LogP contribution >= 0.6 is 0 Å². The predicted molar refractivity (Wildman–Crippen MR) is 50.9 cm³/mol. The first-order chi connectivity index (χ1) is 6.86. The zero-order valence-corrected chi connectivity index (χ0v) is 7.77. The third kappa shape index (κ3) is 2.09. The van der Waals surface area contributed by atoms with Crippen molar-refractivity contribution in [1.82, 2.24) is 10.3 Å². The fourth-order valence-electron chi connectivity index (χ4n) is 1.42. The molecule has 2 heterocycles. The summed E-state index contributed by atoms with van der Waals surface area (Å²) in [5, 5.41) is 3.13. The van der Waals surface area contributed by atoms with Gasteiger partial charge in [0, 0.05) is 12.7 Å². The van der Waals surface area contributed by atoms with Crippen LogP contribution in [0.4, 0.5) is 0 Å². The van der Waals surface area contributed by atoms with Gasteiger partial charge in [-0.25, -0.2) is 9.78 Å². The van der Waals surface area contributed by atoms with Gasteiger partial charge in [0.2, 0.25) is 0 Å². The Hall–Kier alpha value is -1.42.